The van der Waals surface area contributed by atoms with Crippen molar-refractivity contribution in [2.45, 2.75) is 45.1 Å². The molecule has 1 saturated carbocycles. The molecule has 2 fully saturated rings. The summed E-state index contributed by atoms with van der Waals surface area (Å²) in [6, 6.07) is 7.29. The summed E-state index contributed by atoms with van der Waals surface area (Å²) in [5.74, 6) is 0.980. The van der Waals surface area contributed by atoms with Crippen LogP contribution in [0.4, 0.5) is 5.69 Å². The highest BCUT2D eigenvalue weighted by Gasteiger charge is 2.29. The molecule has 1 aliphatic carbocycles. The fraction of sp³-hybridized carbons (Fsp3) is 0.611. The van der Waals surface area contributed by atoms with Gasteiger partial charge in [-0.1, -0.05) is 6.92 Å². The summed E-state index contributed by atoms with van der Waals surface area (Å²) in [6.45, 7) is 2.79. The van der Waals surface area contributed by atoms with Gasteiger partial charge in [-0.2, -0.15) is 0 Å². The molecule has 132 valence electrons. The van der Waals surface area contributed by atoms with Gasteiger partial charge in [0.05, 0.1) is 11.4 Å². The highest BCUT2D eigenvalue weighted by molar-refractivity contribution is 7.93. The Morgan fingerprint density at radius 2 is 1.75 bits per heavy atom. The lowest BCUT2D eigenvalue weighted by atomic mass is 9.86. The quantitative estimate of drug-likeness (QED) is 0.842. The molecule has 24 heavy (non-hydrogen) atoms. The van der Waals surface area contributed by atoms with Gasteiger partial charge in [0.2, 0.25) is 10.0 Å². The van der Waals surface area contributed by atoms with Crippen LogP contribution >= 0.6 is 0 Å². The largest absolute Gasteiger partial charge is 0.339 e. The van der Waals surface area contributed by atoms with Crippen molar-refractivity contribution in [3.8, 4) is 0 Å². The van der Waals surface area contributed by atoms with Gasteiger partial charge in [0.25, 0.3) is 5.91 Å². The predicted molar refractivity (Wildman–Crippen MR) is 95.7 cm³/mol. The number of nitrogens with zero attached hydrogens (tertiary/aromatic N) is 2. The van der Waals surface area contributed by atoms with Gasteiger partial charge in [0.15, 0.2) is 0 Å². The second kappa shape index (κ2) is 6.75. The maximum absolute atomic E-state index is 12.7. The molecule has 1 heterocycles. The lowest BCUT2D eigenvalue weighted by Gasteiger charge is -2.33. The van der Waals surface area contributed by atoms with E-state index in [1.54, 1.807) is 24.3 Å². The molecule has 0 bridgehead atoms. The van der Waals surface area contributed by atoms with Crippen LogP contribution in [0.15, 0.2) is 24.3 Å². The number of amides is 1. The Kier molecular flexibility index (Phi) is 4.85. The van der Waals surface area contributed by atoms with Gasteiger partial charge >= 0.3 is 0 Å². The minimum Gasteiger partial charge on any atom is -0.339 e. The zero-order valence-corrected chi connectivity index (χ0v) is 15.3. The normalized spacial score (nSPS) is 26.3. The third-order valence-corrected chi connectivity index (χ3v) is 7.22. The van der Waals surface area contributed by atoms with E-state index in [1.165, 1.54) is 17.1 Å². The van der Waals surface area contributed by atoms with Crippen molar-refractivity contribution < 1.29 is 13.2 Å². The fourth-order valence-corrected chi connectivity index (χ4v) is 5.26. The molecule has 5 nitrogen and oxygen atoms in total. The summed E-state index contributed by atoms with van der Waals surface area (Å²) in [7, 11) is -1.30. The summed E-state index contributed by atoms with van der Waals surface area (Å²) in [6.07, 6.45) is 5.13. The minimum atomic E-state index is -3.17. The molecule has 0 atom stereocenters. The van der Waals surface area contributed by atoms with E-state index in [-0.39, 0.29) is 11.7 Å². The topological polar surface area (TPSA) is 57.7 Å². The maximum Gasteiger partial charge on any atom is 0.253 e. The first-order valence-electron chi connectivity index (χ1n) is 8.76. The Labute approximate surface area is 144 Å². The highest BCUT2D eigenvalue weighted by atomic mass is 32.2. The zero-order chi connectivity index (χ0) is 17.3. The molecule has 1 saturated heterocycles. The molecule has 0 radical (unpaired) electrons. The van der Waals surface area contributed by atoms with E-state index < -0.39 is 10.0 Å². The molecule has 0 aromatic heterocycles. The van der Waals surface area contributed by atoms with Crippen LogP contribution in [-0.2, 0) is 10.0 Å². The first-order chi connectivity index (χ1) is 11.4. The molecule has 1 amide bonds. The van der Waals surface area contributed by atoms with Crippen molar-refractivity contribution in [1.29, 1.82) is 0 Å². The van der Waals surface area contributed by atoms with Crippen LogP contribution in [0.1, 0.15) is 49.4 Å². The Morgan fingerprint density at radius 1 is 1.12 bits per heavy atom. The predicted octanol–water partition coefficient (Wildman–Crippen LogP) is 2.88. The zero-order valence-electron chi connectivity index (χ0n) is 14.4. The van der Waals surface area contributed by atoms with Crippen LogP contribution in [0.3, 0.4) is 0 Å². The van der Waals surface area contributed by atoms with E-state index in [0.717, 1.165) is 18.8 Å². The van der Waals surface area contributed by atoms with Crippen LogP contribution in [-0.4, -0.2) is 44.6 Å². The van der Waals surface area contributed by atoms with Gasteiger partial charge in [0.1, 0.15) is 0 Å². The molecular formula is C18H26N2O3S. The number of hydrogen-bond donors (Lipinski definition) is 0. The second-order valence-electron chi connectivity index (χ2n) is 7.12. The van der Waals surface area contributed by atoms with E-state index in [4.69, 9.17) is 0 Å². The average molecular weight is 350 g/mol. The Bertz CT molecular complexity index is 691. The van der Waals surface area contributed by atoms with Crippen LogP contribution in [0, 0.1) is 5.92 Å². The number of rotatable bonds is 3. The van der Waals surface area contributed by atoms with Crippen molar-refractivity contribution in [1.82, 2.24) is 4.90 Å². The summed E-state index contributed by atoms with van der Waals surface area (Å²) in [5.41, 5.74) is 1.27. The number of benzene rings is 1. The molecule has 0 spiro atoms. The lowest BCUT2D eigenvalue weighted by molar-refractivity contribution is 0.0679. The molecule has 1 aliphatic heterocycles. The van der Waals surface area contributed by atoms with Crippen LogP contribution in [0.5, 0.6) is 0 Å². The van der Waals surface area contributed by atoms with E-state index >= 15 is 0 Å². The number of carbonyl (C=O) groups excluding carboxylic acids is 1. The Balaban J connectivity index is 1.70. The Morgan fingerprint density at radius 3 is 2.29 bits per heavy atom. The highest BCUT2D eigenvalue weighted by Crippen LogP contribution is 2.28. The van der Waals surface area contributed by atoms with Crippen molar-refractivity contribution >= 4 is 21.6 Å². The van der Waals surface area contributed by atoms with E-state index in [1.807, 2.05) is 11.9 Å². The SMILES string of the molecule is CC1CCC(N(C)C(=O)c2ccc(N3CCCS3(=O)=O)cc2)CC1. The van der Waals surface area contributed by atoms with Gasteiger partial charge in [0, 0.05) is 25.2 Å². The fourth-order valence-electron chi connectivity index (χ4n) is 3.70. The van der Waals surface area contributed by atoms with Gasteiger partial charge in [-0.05, 0) is 62.3 Å². The van der Waals surface area contributed by atoms with Crippen LogP contribution < -0.4 is 4.31 Å². The van der Waals surface area contributed by atoms with Crippen LogP contribution in [0.2, 0.25) is 0 Å². The van der Waals surface area contributed by atoms with Gasteiger partial charge in [-0.3, -0.25) is 9.10 Å². The molecule has 1 aromatic rings. The molecule has 3 rings (SSSR count). The second-order valence-corrected chi connectivity index (χ2v) is 9.13. The monoisotopic (exact) mass is 350 g/mol. The van der Waals surface area contributed by atoms with E-state index in [9.17, 15) is 13.2 Å². The number of carbonyl (C=O) groups is 1. The van der Waals surface area contributed by atoms with Crippen molar-refractivity contribution in [3.63, 3.8) is 0 Å². The van der Waals surface area contributed by atoms with Gasteiger partial charge < -0.3 is 4.90 Å². The molecule has 0 N–H and O–H groups in total. The van der Waals surface area contributed by atoms with E-state index in [2.05, 4.69) is 6.92 Å². The summed E-state index contributed by atoms with van der Waals surface area (Å²) in [5, 5.41) is 0. The van der Waals surface area contributed by atoms with Gasteiger partial charge in [-0.25, -0.2) is 8.42 Å². The third-order valence-electron chi connectivity index (χ3n) is 5.35. The first-order valence-corrected chi connectivity index (χ1v) is 10.4. The molecular weight excluding hydrogens is 324 g/mol. The lowest BCUT2D eigenvalue weighted by Crippen LogP contribution is -2.39. The third kappa shape index (κ3) is 3.43. The van der Waals surface area contributed by atoms with Gasteiger partial charge in [-0.15, -0.1) is 0 Å². The molecule has 0 unspecified atom stereocenters. The molecule has 1 aromatic carbocycles. The Hall–Kier alpha value is -1.56. The number of sulfonamides is 1. The number of hydrogen-bond acceptors (Lipinski definition) is 3. The summed E-state index contributed by atoms with van der Waals surface area (Å²) < 4.78 is 25.4. The number of anilines is 1. The molecule has 6 heteroatoms. The van der Waals surface area contributed by atoms with E-state index in [0.29, 0.717) is 30.3 Å². The van der Waals surface area contributed by atoms with Crippen molar-refractivity contribution in [3.05, 3.63) is 29.8 Å². The summed E-state index contributed by atoms with van der Waals surface area (Å²) >= 11 is 0. The maximum atomic E-state index is 12.7. The first kappa shape index (κ1) is 17.3. The average Bonchev–Trinajstić information content (AvgIpc) is 2.93. The smallest absolute Gasteiger partial charge is 0.253 e. The van der Waals surface area contributed by atoms with Crippen LogP contribution in [0.25, 0.3) is 0 Å². The molecule has 2 aliphatic rings. The summed E-state index contributed by atoms with van der Waals surface area (Å²) in [4.78, 5) is 14.5. The minimum absolute atomic E-state index is 0.0189. The van der Waals surface area contributed by atoms with Crippen molar-refractivity contribution in [2.75, 3.05) is 23.7 Å². The standard InChI is InChI=1S/C18H26N2O3S/c1-14-4-8-16(9-5-14)19(2)18(21)15-6-10-17(11-7-15)20-12-3-13-24(20,22)23/h6-7,10-11,14,16H,3-5,8-9,12-13H2,1-2H3. The van der Waals surface area contributed by atoms with Crippen molar-refractivity contribution in [2.24, 2.45) is 5.92 Å².